The Bertz CT molecular complexity index is 374. The first-order valence-electron chi connectivity index (χ1n) is 5.39. The highest BCUT2D eigenvalue weighted by molar-refractivity contribution is 5.20. The van der Waals surface area contributed by atoms with Crippen molar-refractivity contribution < 1.29 is 8.78 Å². The largest absolute Gasteiger partial charge is 0.327 e. The van der Waals surface area contributed by atoms with Crippen LogP contribution in [0, 0.1) is 11.6 Å². The van der Waals surface area contributed by atoms with Gasteiger partial charge in [-0.3, -0.25) is 0 Å². The van der Waals surface area contributed by atoms with E-state index in [9.17, 15) is 8.78 Å². The van der Waals surface area contributed by atoms with E-state index in [1.165, 1.54) is 12.1 Å². The summed E-state index contributed by atoms with van der Waals surface area (Å²) < 4.78 is 26.0. The summed E-state index contributed by atoms with van der Waals surface area (Å²) in [6.07, 6.45) is 1.96. The van der Waals surface area contributed by atoms with Crippen molar-refractivity contribution in [2.75, 3.05) is 0 Å². The van der Waals surface area contributed by atoms with E-state index < -0.39 is 11.6 Å². The SMILES string of the molecule is C=C(CC)CC(N)Cc1ccc(F)cc1F. The molecule has 0 aromatic heterocycles. The third kappa shape index (κ3) is 3.74. The molecule has 0 saturated carbocycles. The Kier molecular flexibility index (Phi) is 4.62. The van der Waals surface area contributed by atoms with Crippen LogP contribution in [0.3, 0.4) is 0 Å². The highest BCUT2D eigenvalue weighted by atomic mass is 19.1. The lowest BCUT2D eigenvalue weighted by Gasteiger charge is -2.13. The Balaban J connectivity index is 2.62. The van der Waals surface area contributed by atoms with Crippen LogP contribution in [0.1, 0.15) is 25.3 Å². The summed E-state index contributed by atoms with van der Waals surface area (Å²) >= 11 is 0. The third-order valence-electron chi connectivity index (χ3n) is 2.55. The molecule has 1 rings (SSSR count). The van der Waals surface area contributed by atoms with Gasteiger partial charge in [-0.1, -0.05) is 25.1 Å². The smallest absolute Gasteiger partial charge is 0.129 e. The second kappa shape index (κ2) is 5.75. The molecule has 0 radical (unpaired) electrons. The minimum Gasteiger partial charge on any atom is -0.327 e. The van der Waals surface area contributed by atoms with Crippen LogP contribution in [-0.4, -0.2) is 6.04 Å². The summed E-state index contributed by atoms with van der Waals surface area (Å²) in [6.45, 7) is 5.87. The number of hydrogen-bond donors (Lipinski definition) is 1. The molecule has 1 unspecified atom stereocenters. The van der Waals surface area contributed by atoms with E-state index in [1.54, 1.807) is 0 Å². The Morgan fingerprint density at radius 1 is 1.44 bits per heavy atom. The van der Waals surface area contributed by atoms with Crippen molar-refractivity contribution in [1.82, 2.24) is 0 Å². The first kappa shape index (κ1) is 12.8. The number of benzene rings is 1. The Hall–Kier alpha value is -1.22. The summed E-state index contributed by atoms with van der Waals surface area (Å²) in [5.74, 6) is -1.09. The molecule has 0 spiro atoms. The number of hydrogen-bond acceptors (Lipinski definition) is 1. The lowest BCUT2D eigenvalue weighted by Crippen LogP contribution is -2.23. The van der Waals surface area contributed by atoms with Gasteiger partial charge < -0.3 is 5.73 Å². The maximum absolute atomic E-state index is 13.3. The maximum Gasteiger partial charge on any atom is 0.129 e. The molecule has 0 amide bonds. The Morgan fingerprint density at radius 2 is 2.12 bits per heavy atom. The van der Waals surface area contributed by atoms with Gasteiger partial charge in [-0.2, -0.15) is 0 Å². The molecule has 0 heterocycles. The molecule has 1 nitrogen and oxygen atoms in total. The molecule has 88 valence electrons. The summed E-state index contributed by atoms with van der Waals surface area (Å²) in [5.41, 5.74) is 7.38. The van der Waals surface area contributed by atoms with Gasteiger partial charge in [-0.05, 0) is 30.9 Å². The lowest BCUT2D eigenvalue weighted by atomic mass is 9.99. The molecule has 1 aromatic carbocycles. The van der Waals surface area contributed by atoms with Gasteiger partial charge in [-0.25, -0.2) is 8.78 Å². The number of nitrogens with two attached hydrogens (primary N) is 1. The maximum atomic E-state index is 13.3. The summed E-state index contributed by atoms with van der Waals surface area (Å²) in [6, 6.07) is 3.42. The molecule has 0 fully saturated rings. The van der Waals surface area contributed by atoms with Crippen LogP contribution in [0.25, 0.3) is 0 Å². The van der Waals surface area contributed by atoms with E-state index >= 15 is 0 Å². The molecule has 16 heavy (non-hydrogen) atoms. The van der Waals surface area contributed by atoms with Gasteiger partial charge in [0.1, 0.15) is 11.6 Å². The molecule has 0 aliphatic rings. The predicted octanol–water partition coefficient (Wildman–Crippen LogP) is 3.19. The number of rotatable bonds is 5. The van der Waals surface area contributed by atoms with Crippen molar-refractivity contribution in [1.29, 1.82) is 0 Å². The minimum absolute atomic E-state index is 0.160. The molecule has 0 aliphatic heterocycles. The van der Waals surface area contributed by atoms with Crippen molar-refractivity contribution in [3.05, 3.63) is 47.5 Å². The van der Waals surface area contributed by atoms with Gasteiger partial charge >= 0.3 is 0 Å². The zero-order valence-electron chi connectivity index (χ0n) is 9.47. The quantitative estimate of drug-likeness (QED) is 0.765. The van der Waals surface area contributed by atoms with E-state index in [1.807, 2.05) is 6.92 Å². The van der Waals surface area contributed by atoms with E-state index in [0.29, 0.717) is 18.4 Å². The van der Waals surface area contributed by atoms with Crippen LogP contribution < -0.4 is 5.73 Å². The molecular weight excluding hydrogens is 208 g/mol. The van der Waals surface area contributed by atoms with Gasteiger partial charge in [-0.15, -0.1) is 0 Å². The van der Waals surface area contributed by atoms with Gasteiger partial charge in [0.05, 0.1) is 0 Å². The molecule has 1 aromatic rings. The van der Waals surface area contributed by atoms with Crippen LogP contribution in [0.15, 0.2) is 30.4 Å². The first-order chi connectivity index (χ1) is 7.52. The summed E-state index contributed by atoms with van der Waals surface area (Å²) in [7, 11) is 0. The van der Waals surface area contributed by atoms with E-state index in [0.717, 1.165) is 18.1 Å². The fourth-order valence-electron chi connectivity index (χ4n) is 1.56. The van der Waals surface area contributed by atoms with Gasteiger partial charge in [0, 0.05) is 12.1 Å². The molecular formula is C13H17F2N. The molecule has 1 atom stereocenters. The first-order valence-corrected chi connectivity index (χ1v) is 5.39. The van der Waals surface area contributed by atoms with Gasteiger partial charge in [0.2, 0.25) is 0 Å². The lowest BCUT2D eigenvalue weighted by molar-refractivity contribution is 0.557. The molecule has 0 saturated heterocycles. The Morgan fingerprint density at radius 3 is 2.69 bits per heavy atom. The number of halogens is 2. The van der Waals surface area contributed by atoms with E-state index in [4.69, 9.17) is 5.73 Å². The van der Waals surface area contributed by atoms with E-state index in [-0.39, 0.29) is 6.04 Å². The monoisotopic (exact) mass is 225 g/mol. The standard InChI is InChI=1S/C13H17F2N/c1-3-9(2)6-12(16)7-10-4-5-11(14)8-13(10)15/h4-5,8,12H,2-3,6-7,16H2,1H3. The van der Waals surface area contributed by atoms with Crippen LogP contribution in [-0.2, 0) is 6.42 Å². The van der Waals surface area contributed by atoms with Crippen molar-refractivity contribution in [2.45, 2.75) is 32.2 Å². The van der Waals surface area contributed by atoms with Crippen molar-refractivity contribution in [2.24, 2.45) is 5.73 Å². The summed E-state index contributed by atoms with van der Waals surface area (Å²) in [5, 5.41) is 0. The zero-order valence-corrected chi connectivity index (χ0v) is 9.47. The summed E-state index contributed by atoms with van der Waals surface area (Å²) in [4.78, 5) is 0. The minimum atomic E-state index is -0.562. The van der Waals surface area contributed by atoms with E-state index in [2.05, 4.69) is 6.58 Å². The fourth-order valence-corrected chi connectivity index (χ4v) is 1.56. The second-order valence-corrected chi connectivity index (χ2v) is 4.01. The molecule has 3 heteroatoms. The van der Waals surface area contributed by atoms with Crippen molar-refractivity contribution in [3.63, 3.8) is 0 Å². The molecule has 0 bridgehead atoms. The highest BCUT2D eigenvalue weighted by Gasteiger charge is 2.09. The van der Waals surface area contributed by atoms with Gasteiger partial charge in [0.15, 0.2) is 0 Å². The Labute approximate surface area is 95.0 Å². The van der Waals surface area contributed by atoms with Gasteiger partial charge in [0.25, 0.3) is 0 Å². The van der Waals surface area contributed by atoms with Crippen molar-refractivity contribution in [3.8, 4) is 0 Å². The van der Waals surface area contributed by atoms with Crippen LogP contribution in [0.5, 0.6) is 0 Å². The zero-order chi connectivity index (χ0) is 12.1. The topological polar surface area (TPSA) is 26.0 Å². The average molecular weight is 225 g/mol. The predicted molar refractivity (Wildman–Crippen MR) is 62.1 cm³/mol. The highest BCUT2D eigenvalue weighted by Crippen LogP contribution is 2.14. The fraction of sp³-hybridized carbons (Fsp3) is 0.385. The normalized spacial score (nSPS) is 12.5. The van der Waals surface area contributed by atoms with Crippen LogP contribution >= 0.6 is 0 Å². The van der Waals surface area contributed by atoms with Crippen LogP contribution in [0.2, 0.25) is 0 Å². The third-order valence-corrected chi connectivity index (χ3v) is 2.55. The van der Waals surface area contributed by atoms with Crippen molar-refractivity contribution >= 4 is 0 Å². The molecule has 2 N–H and O–H groups in total. The molecule has 0 aliphatic carbocycles. The van der Waals surface area contributed by atoms with Crippen LogP contribution in [0.4, 0.5) is 8.78 Å². The average Bonchev–Trinajstić information content (AvgIpc) is 2.22. The second-order valence-electron chi connectivity index (χ2n) is 4.01.